The number of carbonyl (C=O) groups is 1. The van der Waals surface area contributed by atoms with E-state index in [9.17, 15) is 13.2 Å². The zero-order valence-electron chi connectivity index (χ0n) is 13.7. The van der Waals surface area contributed by atoms with Gasteiger partial charge in [0.25, 0.3) is 0 Å². The number of carbonyl (C=O) groups excluding carboxylic acids is 1. The molecule has 1 N–H and O–H groups in total. The standard InChI is InChI=1S/C19H16ClNO3S/c1-12-6-5-8-15(13(12)2)21-18(22)11-10-17-19(20)14-7-3-4-9-16(14)25(17,23)24/h3-11H,1-2H3,(H,21,22). The number of nitrogens with one attached hydrogen (secondary N) is 1. The molecule has 4 nitrogen and oxygen atoms in total. The first-order valence-electron chi connectivity index (χ1n) is 7.62. The van der Waals surface area contributed by atoms with Gasteiger partial charge in [0.05, 0.1) is 14.8 Å². The van der Waals surface area contributed by atoms with Crippen LogP contribution in [0.3, 0.4) is 0 Å². The molecule has 1 heterocycles. The van der Waals surface area contributed by atoms with Crippen molar-refractivity contribution in [3.8, 4) is 0 Å². The summed E-state index contributed by atoms with van der Waals surface area (Å²) in [6.07, 6.45) is 2.43. The average molecular weight is 374 g/mol. The number of allylic oxidation sites excluding steroid dienone is 1. The second-order valence-electron chi connectivity index (χ2n) is 5.75. The first-order valence-corrected chi connectivity index (χ1v) is 9.48. The van der Waals surface area contributed by atoms with Gasteiger partial charge in [-0.1, -0.05) is 41.9 Å². The summed E-state index contributed by atoms with van der Waals surface area (Å²) in [5.74, 6) is -0.420. The highest BCUT2D eigenvalue weighted by atomic mass is 35.5. The normalized spacial score (nSPS) is 15.5. The van der Waals surface area contributed by atoms with E-state index < -0.39 is 15.7 Å². The van der Waals surface area contributed by atoms with Crippen LogP contribution in [0, 0.1) is 13.8 Å². The Labute approximate surface area is 151 Å². The Morgan fingerprint density at radius 3 is 2.52 bits per heavy atom. The molecular weight excluding hydrogens is 358 g/mol. The van der Waals surface area contributed by atoms with Crippen molar-refractivity contribution in [3.63, 3.8) is 0 Å². The zero-order valence-corrected chi connectivity index (χ0v) is 15.3. The van der Waals surface area contributed by atoms with Crippen LogP contribution in [-0.4, -0.2) is 14.3 Å². The fraction of sp³-hybridized carbons (Fsp3) is 0.105. The number of benzene rings is 2. The lowest BCUT2D eigenvalue weighted by atomic mass is 10.1. The summed E-state index contributed by atoms with van der Waals surface area (Å²) in [7, 11) is -3.70. The minimum atomic E-state index is -3.70. The smallest absolute Gasteiger partial charge is 0.248 e. The molecule has 0 fully saturated rings. The van der Waals surface area contributed by atoms with Gasteiger partial charge >= 0.3 is 0 Å². The Balaban J connectivity index is 1.86. The molecule has 25 heavy (non-hydrogen) atoms. The highest BCUT2D eigenvalue weighted by Crippen LogP contribution is 2.41. The maximum atomic E-state index is 12.5. The minimum Gasteiger partial charge on any atom is -0.322 e. The van der Waals surface area contributed by atoms with E-state index in [1.807, 2.05) is 26.0 Å². The largest absolute Gasteiger partial charge is 0.322 e. The van der Waals surface area contributed by atoms with Gasteiger partial charge < -0.3 is 5.32 Å². The second-order valence-corrected chi connectivity index (χ2v) is 8.01. The van der Waals surface area contributed by atoms with Gasteiger partial charge in [-0.25, -0.2) is 8.42 Å². The predicted molar refractivity (Wildman–Crippen MR) is 100 cm³/mol. The number of amides is 1. The summed E-state index contributed by atoms with van der Waals surface area (Å²) in [5, 5.41) is 2.88. The number of hydrogen-bond acceptors (Lipinski definition) is 3. The van der Waals surface area contributed by atoms with Crippen LogP contribution in [-0.2, 0) is 14.6 Å². The Morgan fingerprint density at radius 1 is 1.08 bits per heavy atom. The van der Waals surface area contributed by atoms with Crippen LogP contribution in [0.4, 0.5) is 5.69 Å². The molecule has 0 spiro atoms. The molecule has 0 saturated heterocycles. The molecule has 6 heteroatoms. The van der Waals surface area contributed by atoms with Crippen molar-refractivity contribution in [2.45, 2.75) is 18.7 Å². The van der Waals surface area contributed by atoms with Crippen molar-refractivity contribution >= 4 is 38.1 Å². The van der Waals surface area contributed by atoms with Gasteiger partial charge in [-0.2, -0.15) is 0 Å². The molecule has 0 aromatic heterocycles. The lowest BCUT2D eigenvalue weighted by Crippen LogP contribution is -2.10. The fourth-order valence-electron chi connectivity index (χ4n) is 2.63. The molecule has 0 radical (unpaired) electrons. The van der Waals surface area contributed by atoms with Crippen LogP contribution in [0.1, 0.15) is 16.7 Å². The van der Waals surface area contributed by atoms with Crippen molar-refractivity contribution in [2.75, 3.05) is 5.32 Å². The van der Waals surface area contributed by atoms with Gasteiger partial charge in [0.15, 0.2) is 0 Å². The van der Waals surface area contributed by atoms with Crippen molar-refractivity contribution in [1.82, 2.24) is 0 Å². The number of hydrogen-bond donors (Lipinski definition) is 1. The Morgan fingerprint density at radius 2 is 1.80 bits per heavy atom. The van der Waals surface area contributed by atoms with E-state index in [0.717, 1.165) is 11.1 Å². The van der Waals surface area contributed by atoms with Crippen LogP contribution in [0.15, 0.2) is 64.4 Å². The maximum absolute atomic E-state index is 12.5. The molecule has 0 aliphatic carbocycles. The van der Waals surface area contributed by atoms with Gasteiger partial charge in [0.1, 0.15) is 0 Å². The van der Waals surface area contributed by atoms with Crippen LogP contribution < -0.4 is 5.32 Å². The number of halogens is 1. The van der Waals surface area contributed by atoms with Gasteiger partial charge in [-0.15, -0.1) is 0 Å². The summed E-state index contributed by atoms with van der Waals surface area (Å²) in [6, 6.07) is 12.1. The number of sulfone groups is 1. The van der Waals surface area contributed by atoms with Gasteiger partial charge in [0.2, 0.25) is 15.7 Å². The predicted octanol–water partition coefficient (Wildman–Crippen LogP) is 4.19. The van der Waals surface area contributed by atoms with Crippen LogP contribution >= 0.6 is 11.6 Å². The lowest BCUT2D eigenvalue weighted by molar-refractivity contribution is -0.111. The molecule has 0 bridgehead atoms. The van der Waals surface area contributed by atoms with E-state index in [0.29, 0.717) is 11.3 Å². The first kappa shape index (κ1) is 17.5. The van der Waals surface area contributed by atoms with E-state index in [1.54, 1.807) is 24.3 Å². The Hall–Kier alpha value is -2.37. The SMILES string of the molecule is Cc1cccc(NC(=O)C=CC2=C(Cl)c3ccccc3S2(=O)=O)c1C. The Bertz CT molecular complexity index is 1040. The minimum absolute atomic E-state index is 0.0634. The fourth-order valence-corrected chi connectivity index (χ4v) is 4.76. The molecule has 2 aromatic rings. The molecule has 128 valence electrons. The number of rotatable bonds is 3. The van der Waals surface area contributed by atoms with E-state index in [-0.39, 0.29) is 14.8 Å². The quantitative estimate of drug-likeness (QED) is 0.820. The van der Waals surface area contributed by atoms with Crippen molar-refractivity contribution < 1.29 is 13.2 Å². The van der Waals surface area contributed by atoms with Crippen molar-refractivity contribution in [2.24, 2.45) is 0 Å². The molecular formula is C19H16ClNO3S. The third kappa shape index (κ3) is 3.13. The van der Waals surface area contributed by atoms with Gasteiger partial charge in [-0.05, 0) is 43.2 Å². The average Bonchev–Trinajstić information content (AvgIpc) is 2.77. The number of anilines is 1. The molecule has 3 rings (SSSR count). The maximum Gasteiger partial charge on any atom is 0.248 e. The third-order valence-electron chi connectivity index (χ3n) is 4.17. The van der Waals surface area contributed by atoms with E-state index in [4.69, 9.17) is 11.6 Å². The molecule has 1 aliphatic rings. The van der Waals surface area contributed by atoms with E-state index >= 15 is 0 Å². The molecule has 0 saturated carbocycles. The summed E-state index contributed by atoms with van der Waals surface area (Å²) >= 11 is 6.20. The second kappa shape index (κ2) is 6.50. The zero-order chi connectivity index (χ0) is 18.2. The molecule has 1 amide bonds. The number of fused-ring (bicyclic) bond motifs is 1. The molecule has 0 unspecified atom stereocenters. The first-order chi connectivity index (χ1) is 11.8. The Kier molecular flexibility index (Phi) is 4.54. The topological polar surface area (TPSA) is 63.2 Å². The van der Waals surface area contributed by atoms with Gasteiger partial charge in [-0.3, -0.25) is 4.79 Å². The van der Waals surface area contributed by atoms with Gasteiger partial charge in [0, 0.05) is 17.3 Å². The summed E-state index contributed by atoms with van der Waals surface area (Å²) in [6.45, 7) is 3.86. The summed E-state index contributed by atoms with van der Waals surface area (Å²) in [5.41, 5.74) is 3.16. The third-order valence-corrected chi connectivity index (χ3v) is 6.54. The van der Waals surface area contributed by atoms with E-state index in [2.05, 4.69) is 5.32 Å². The molecule has 2 aromatic carbocycles. The number of aryl methyl sites for hydroxylation is 1. The molecule has 0 atom stereocenters. The summed E-state index contributed by atoms with van der Waals surface area (Å²) in [4.78, 5) is 12.3. The highest BCUT2D eigenvalue weighted by molar-refractivity contribution is 7.96. The molecule has 1 aliphatic heterocycles. The van der Waals surface area contributed by atoms with Crippen LogP contribution in [0.2, 0.25) is 0 Å². The summed E-state index contributed by atoms with van der Waals surface area (Å²) < 4.78 is 25.1. The van der Waals surface area contributed by atoms with Crippen LogP contribution in [0.25, 0.3) is 5.03 Å². The van der Waals surface area contributed by atoms with Crippen molar-refractivity contribution in [1.29, 1.82) is 0 Å². The van der Waals surface area contributed by atoms with Crippen LogP contribution in [0.5, 0.6) is 0 Å². The van der Waals surface area contributed by atoms with Crippen molar-refractivity contribution in [3.05, 3.63) is 76.2 Å². The van der Waals surface area contributed by atoms with E-state index in [1.165, 1.54) is 18.2 Å². The monoisotopic (exact) mass is 373 g/mol. The highest BCUT2D eigenvalue weighted by Gasteiger charge is 2.33. The lowest BCUT2D eigenvalue weighted by Gasteiger charge is -2.08.